The summed E-state index contributed by atoms with van der Waals surface area (Å²) in [7, 11) is 0. The molecule has 0 spiro atoms. The van der Waals surface area contributed by atoms with Crippen LogP contribution in [0, 0.1) is 10.1 Å². The topological polar surface area (TPSA) is 66.6 Å². The molecule has 1 aromatic rings. The monoisotopic (exact) mass is 270 g/mol. The summed E-state index contributed by atoms with van der Waals surface area (Å²) in [5.41, 5.74) is 0.0476. The van der Waals surface area contributed by atoms with Crippen LogP contribution in [0.3, 0.4) is 0 Å². The lowest BCUT2D eigenvalue weighted by Gasteiger charge is -2.25. The van der Waals surface area contributed by atoms with Crippen LogP contribution in [0.4, 0.5) is 10.7 Å². The molecule has 1 unspecified atom stereocenters. The third kappa shape index (κ3) is 3.08. The highest BCUT2D eigenvalue weighted by atomic mass is 32.1. The molecule has 6 heteroatoms. The van der Waals surface area contributed by atoms with Crippen LogP contribution < -0.4 is 4.90 Å². The molecule has 0 saturated carbocycles. The zero-order valence-corrected chi connectivity index (χ0v) is 11.6. The fourth-order valence-electron chi connectivity index (χ4n) is 1.60. The fourth-order valence-corrected chi connectivity index (χ4v) is 2.80. The Balaban J connectivity index is 3.26. The molecule has 0 aliphatic heterocycles. The van der Waals surface area contributed by atoms with E-state index in [9.17, 15) is 15.2 Å². The Bertz CT molecular complexity index is 441. The van der Waals surface area contributed by atoms with Gasteiger partial charge in [-0.15, -0.1) is 17.9 Å². The van der Waals surface area contributed by atoms with E-state index in [1.165, 1.54) is 17.4 Å². The average molecular weight is 270 g/mol. The number of aliphatic hydroxyl groups is 1. The van der Waals surface area contributed by atoms with E-state index < -0.39 is 11.0 Å². The second-order valence-electron chi connectivity index (χ2n) is 4.31. The van der Waals surface area contributed by atoms with Crippen molar-refractivity contribution in [1.29, 1.82) is 0 Å². The molecule has 1 aromatic heterocycles. The molecule has 0 bridgehead atoms. The number of nitro groups is 1. The first-order valence-corrected chi connectivity index (χ1v) is 6.53. The van der Waals surface area contributed by atoms with Crippen molar-refractivity contribution >= 4 is 22.0 Å². The van der Waals surface area contributed by atoms with Gasteiger partial charge in [0.1, 0.15) is 0 Å². The number of aliphatic hydroxyl groups excluding tert-OH is 1. The summed E-state index contributed by atoms with van der Waals surface area (Å²) in [4.78, 5) is 13.2. The lowest BCUT2D eigenvalue weighted by molar-refractivity contribution is -0.383. The van der Waals surface area contributed by atoms with Crippen molar-refractivity contribution < 1.29 is 10.0 Å². The van der Waals surface area contributed by atoms with Gasteiger partial charge >= 0.3 is 5.69 Å². The van der Waals surface area contributed by atoms with Crippen LogP contribution in [0.25, 0.3) is 0 Å². The number of nitrogens with zero attached hydrogens (tertiary/aromatic N) is 2. The summed E-state index contributed by atoms with van der Waals surface area (Å²) >= 11 is 1.26. The molecular weight excluding hydrogens is 252 g/mol. The Morgan fingerprint density at radius 1 is 1.61 bits per heavy atom. The highest BCUT2D eigenvalue weighted by molar-refractivity contribution is 7.16. The van der Waals surface area contributed by atoms with Gasteiger partial charge in [-0.2, -0.15) is 0 Å². The van der Waals surface area contributed by atoms with E-state index in [2.05, 4.69) is 6.58 Å². The smallest absolute Gasteiger partial charge is 0.304 e. The average Bonchev–Trinajstić information content (AvgIpc) is 2.69. The van der Waals surface area contributed by atoms with Gasteiger partial charge in [0, 0.05) is 23.5 Å². The van der Waals surface area contributed by atoms with Gasteiger partial charge in [0.05, 0.1) is 11.0 Å². The zero-order valence-electron chi connectivity index (χ0n) is 10.8. The highest BCUT2D eigenvalue weighted by Gasteiger charge is 2.26. The van der Waals surface area contributed by atoms with Crippen LogP contribution in [-0.4, -0.2) is 22.6 Å². The summed E-state index contributed by atoms with van der Waals surface area (Å²) in [6.07, 6.45) is 1.02. The van der Waals surface area contributed by atoms with Gasteiger partial charge in [0.15, 0.2) is 5.00 Å². The zero-order chi connectivity index (χ0) is 13.9. The van der Waals surface area contributed by atoms with E-state index >= 15 is 0 Å². The molecular formula is C12H18N2O3S. The molecule has 1 rings (SSSR count). The van der Waals surface area contributed by atoms with Gasteiger partial charge in [-0.1, -0.05) is 6.08 Å². The minimum Gasteiger partial charge on any atom is -0.388 e. The van der Waals surface area contributed by atoms with E-state index in [-0.39, 0.29) is 11.7 Å². The minimum atomic E-state index is -0.694. The molecule has 18 heavy (non-hydrogen) atoms. The van der Waals surface area contributed by atoms with Gasteiger partial charge in [-0.3, -0.25) is 10.1 Å². The predicted molar refractivity (Wildman–Crippen MR) is 74.3 cm³/mol. The number of thiophene rings is 1. The van der Waals surface area contributed by atoms with Gasteiger partial charge in [0.2, 0.25) is 0 Å². The molecule has 0 aliphatic carbocycles. The SMILES string of the molecule is C=CCN(c1sc(C(C)O)cc1[N+](=O)[O-])C(C)C. The Morgan fingerprint density at radius 2 is 2.22 bits per heavy atom. The Hall–Kier alpha value is -1.40. The molecule has 0 aliphatic rings. The van der Waals surface area contributed by atoms with Crippen LogP contribution >= 0.6 is 11.3 Å². The fraction of sp³-hybridized carbons (Fsp3) is 0.500. The molecule has 5 nitrogen and oxygen atoms in total. The molecule has 1 atom stereocenters. The maximum absolute atomic E-state index is 11.1. The van der Waals surface area contributed by atoms with Crippen LogP contribution in [0.15, 0.2) is 18.7 Å². The normalized spacial score (nSPS) is 12.5. The quantitative estimate of drug-likeness (QED) is 0.490. The largest absolute Gasteiger partial charge is 0.388 e. The summed E-state index contributed by atoms with van der Waals surface area (Å²) in [5.74, 6) is 0. The molecule has 0 radical (unpaired) electrons. The molecule has 0 aromatic carbocycles. The first-order chi connectivity index (χ1) is 8.38. The number of anilines is 1. The third-order valence-corrected chi connectivity index (χ3v) is 3.86. The molecule has 1 N–H and O–H groups in total. The van der Waals surface area contributed by atoms with Gasteiger partial charge in [0.25, 0.3) is 0 Å². The number of hydrogen-bond acceptors (Lipinski definition) is 5. The van der Waals surface area contributed by atoms with Crippen LogP contribution in [-0.2, 0) is 0 Å². The van der Waals surface area contributed by atoms with Gasteiger partial charge in [-0.05, 0) is 20.8 Å². The van der Waals surface area contributed by atoms with Gasteiger partial charge in [-0.25, -0.2) is 0 Å². The molecule has 1 heterocycles. The first kappa shape index (κ1) is 14.7. The van der Waals surface area contributed by atoms with Crippen molar-refractivity contribution in [1.82, 2.24) is 0 Å². The lowest BCUT2D eigenvalue weighted by Crippen LogP contribution is -2.30. The molecule has 100 valence electrons. The summed E-state index contributed by atoms with van der Waals surface area (Å²) in [5, 5.41) is 21.2. The number of hydrogen-bond donors (Lipinski definition) is 1. The van der Waals surface area contributed by atoms with Crippen molar-refractivity contribution in [2.24, 2.45) is 0 Å². The van der Waals surface area contributed by atoms with Crippen molar-refractivity contribution in [2.45, 2.75) is 32.9 Å². The maximum atomic E-state index is 11.1. The molecule has 0 amide bonds. The second-order valence-corrected chi connectivity index (χ2v) is 5.37. The van der Waals surface area contributed by atoms with E-state index in [1.807, 2.05) is 18.7 Å². The molecule has 0 saturated heterocycles. The number of rotatable bonds is 6. The second kappa shape index (κ2) is 5.97. The highest BCUT2D eigenvalue weighted by Crippen LogP contribution is 2.40. The Kier molecular flexibility index (Phi) is 4.86. The van der Waals surface area contributed by atoms with E-state index in [4.69, 9.17) is 0 Å². The predicted octanol–water partition coefficient (Wildman–Crippen LogP) is 3.11. The lowest BCUT2D eigenvalue weighted by atomic mass is 10.3. The van der Waals surface area contributed by atoms with E-state index in [0.717, 1.165) is 0 Å². The Labute approximate surface area is 111 Å². The van der Waals surface area contributed by atoms with Crippen LogP contribution in [0.5, 0.6) is 0 Å². The van der Waals surface area contributed by atoms with Gasteiger partial charge < -0.3 is 10.0 Å². The maximum Gasteiger partial charge on any atom is 0.304 e. The van der Waals surface area contributed by atoms with Crippen molar-refractivity contribution in [3.63, 3.8) is 0 Å². The third-order valence-electron chi connectivity index (χ3n) is 2.53. The Morgan fingerprint density at radius 3 is 2.61 bits per heavy atom. The standard InChI is InChI=1S/C12H18N2O3S/c1-5-6-13(8(2)3)12-10(14(16)17)7-11(18-12)9(4)15/h5,7-9,15H,1,6H2,2-4H3. The van der Waals surface area contributed by atoms with Crippen molar-refractivity contribution in [3.8, 4) is 0 Å². The van der Waals surface area contributed by atoms with E-state index in [1.54, 1.807) is 13.0 Å². The minimum absolute atomic E-state index is 0.0476. The summed E-state index contributed by atoms with van der Waals surface area (Å²) in [6.45, 7) is 9.75. The van der Waals surface area contributed by atoms with Crippen LogP contribution in [0.1, 0.15) is 31.8 Å². The summed E-state index contributed by atoms with van der Waals surface area (Å²) < 4.78 is 0. The first-order valence-electron chi connectivity index (χ1n) is 5.72. The van der Waals surface area contributed by atoms with Crippen molar-refractivity contribution in [3.05, 3.63) is 33.7 Å². The summed E-state index contributed by atoms with van der Waals surface area (Å²) in [6, 6.07) is 1.57. The van der Waals surface area contributed by atoms with Crippen LogP contribution in [0.2, 0.25) is 0 Å². The van der Waals surface area contributed by atoms with Crippen molar-refractivity contribution in [2.75, 3.05) is 11.4 Å². The van der Waals surface area contributed by atoms with E-state index in [0.29, 0.717) is 16.4 Å². The molecule has 0 fully saturated rings.